The van der Waals surface area contributed by atoms with E-state index in [2.05, 4.69) is 6.58 Å². The Balaban J connectivity index is 2.12. The van der Waals surface area contributed by atoms with Crippen LogP contribution in [0.1, 0.15) is 26.3 Å². The minimum Gasteiger partial charge on any atom is -0.474 e. The van der Waals surface area contributed by atoms with E-state index in [4.69, 9.17) is 10.00 Å². The molecule has 1 saturated heterocycles. The van der Waals surface area contributed by atoms with Gasteiger partial charge >= 0.3 is 0 Å². The number of halogens is 1. The standard InChI is InChI=1S/C17H22FN3O3S/c1-13(24-17(2,3)4)20-7-9-21(10-8-20)25(22,23)16-11-14(12-19)5-6-15(16)18/h5-6,11H,1,7-10H2,2-4H3. The Morgan fingerprint density at radius 3 is 2.40 bits per heavy atom. The monoisotopic (exact) mass is 367 g/mol. The van der Waals surface area contributed by atoms with Crippen molar-refractivity contribution in [2.24, 2.45) is 0 Å². The molecule has 1 aliphatic rings. The normalized spacial score (nSPS) is 16.4. The number of rotatable bonds is 4. The van der Waals surface area contributed by atoms with Crippen molar-refractivity contribution >= 4 is 10.0 Å². The molecule has 1 aromatic carbocycles. The molecule has 0 aliphatic carbocycles. The highest BCUT2D eigenvalue weighted by atomic mass is 32.2. The molecule has 0 bridgehead atoms. The predicted octanol–water partition coefficient (Wildman–Crippen LogP) is 2.29. The Morgan fingerprint density at radius 2 is 1.88 bits per heavy atom. The van der Waals surface area contributed by atoms with Crippen LogP contribution in [0.15, 0.2) is 35.6 Å². The number of nitrogens with zero attached hydrogens (tertiary/aromatic N) is 3. The van der Waals surface area contributed by atoms with Crippen molar-refractivity contribution in [3.05, 3.63) is 42.0 Å². The summed E-state index contributed by atoms with van der Waals surface area (Å²) >= 11 is 0. The van der Waals surface area contributed by atoms with Crippen LogP contribution in [0.4, 0.5) is 4.39 Å². The molecule has 25 heavy (non-hydrogen) atoms. The first-order valence-corrected chi connectivity index (χ1v) is 9.31. The number of hydrogen-bond acceptors (Lipinski definition) is 5. The van der Waals surface area contributed by atoms with E-state index in [9.17, 15) is 12.8 Å². The Kier molecular flexibility index (Phi) is 5.40. The summed E-state index contributed by atoms with van der Waals surface area (Å²) < 4.78 is 46.3. The first-order valence-electron chi connectivity index (χ1n) is 7.87. The van der Waals surface area contributed by atoms with Gasteiger partial charge in [0.25, 0.3) is 0 Å². The molecule has 0 aromatic heterocycles. The van der Waals surface area contributed by atoms with Crippen LogP contribution in [0.25, 0.3) is 0 Å². The third-order valence-corrected chi connectivity index (χ3v) is 5.61. The quantitative estimate of drug-likeness (QED) is 0.764. The van der Waals surface area contributed by atoms with Crippen LogP contribution in [0, 0.1) is 17.1 Å². The van der Waals surface area contributed by atoms with Crippen molar-refractivity contribution in [2.45, 2.75) is 31.3 Å². The van der Waals surface area contributed by atoms with Gasteiger partial charge in [0.2, 0.25) is 10.0 Å². The summed E-state index contributed by atoms with van der Waals surface area (Å²) in [5.41, 5.74) is -0.285. The van der Waals surface area contributed by atoms with Crippen molar-refractivity contribution in [2.75, 3.05) is 26.2 Å². The second-order valence-electron chi connectivity index (χ2n) is 6.76. The molecular formula is C17H22FN3O3S. The highest BCUT2D eigenvalue weighted by molar-refractivity contribution is 7.89. The second-order valence-corrected chi connectivity index (χ2v) is 8.66. The number of hydrogen-bond donors (Lipinski definition) is 0. The van der Waals surface area contributed by atoms with Crippen LogP contribution >= 0.6 is 0 Å². The Bertz CT molecular complexity index is 801. The van der Waals surface area contributed by atoms with E-state index in [-0.39, 0.29) is 24.3 Å². The summed E-state index contributed by atoms with van der Waals surface area (Å²) in [5, 5.41) is 8.91. The lowest BCUT2D eigenvalue weighted by molar-refractivity contribution is -0.00425. The van der Waals surface area contributed by atoms with Crippen LogP contribution in [0.3, 0.4) is 0 Å². The van der Waals surface area contributed by atoms with Gasteiger partial charge < -0.3 is 9.64 Å². The van der Waals surface area contributed by atoms with E-state index in [1.165, 1.54) is 10.4 Å². The minimum absolute atomic E-state index is 0.102. The number of nitriles is 1. The van der Waals surface area contributed by atoms with Crippen LogP contribution in [-0.4, -0.2) is 49.4 Å². The van der Waals surface area contributed by atoms with Gasteiger partial charge in [-0.1, -0.05) is 0 Å². The maximum absolute atomic E-state index is 14.0. The summed E-state index contributed by atoms with van der Waals surface area (Å²) in [6, 6.07) is 5.15. The van der Waals surface area contributed by atoms with Crippen LogP contribution in [-0.2, 0) is 14.8 Å². The summed E-state index contributed by atoms with van der Waals surface area (Å²) in [5.74, 6) is -0.371. The van der Waals surface area contributed by atoms with Crippen molar-refractivity contribution in [1.29, 1.82) is 5.26 Å². The molecule has 0 unspecified atom stereocenters. The first kappa shape index (κ1) is 19.2. The molecule has 1 aliphatic heterocycles. The lowest BCUT2D eigenvalue weighted by atomic mass is 10.2. The molecule has 1 fully saturated rings. The lowest BCUT2D eigenvalue weighted by Crippen LogP contribution is -2.48. The zero-order valence-corrected chi connectivity index (χ0v) is 15.4. The zero-order valence-electron chi connectivity index (χ0n) is 14.6. The van der Waals surface area contributed by atoms with Gasteiger partial charge in [0.05, 0.1) is 11.6 Å². The molecular weight excluding hydrogens is 345 g/mol. The average Bonchev–Trinajstić information content (AvgIpc) is 2.53. The SMILES string of the molecule is C=C(OC(C)(C)C)N1CCN(S(=O)(=O)c2cc(C#N)ccc2F)CC1. The Hall–Kier alpha value is -2.11. The molecule has 0 saturated carbocycles. The van der Waals surface area contributed by atoms with Crippen molar-refractivity contribution in [3.8, 4) is 6.07 Å². The summed E-state index contributed by atoms with van der Waals surface area (Å²) in [7, 11) is -4.00. The van der Waals surface area contributed by atoms with Gasteiger partial charge in [-0.15, -0.1) is 0 Å². The minimum atomic E-state index is -4.00. The average molecular weight is 367 g/mol. The number of ether oxygens (including phenoxy) is 1. The third-order valence-electron chi connectivity index (χ3n) is 3.69. The van der Waals surface area contributed by atoms with Crippen LogP contribution < -0.4 is 0 Å². The van der Waals surface area contributed by atoms with Crippen LogP contribution in [0.2, 0.25) is 0 Å². The van der Waals surface area contributed by atoms with E-state index in [0.717, 1.165) is 12.1 Å². The fourth-order valence-corrected chi connectivity index (χ4v) is 4.02. The van der Waals surface area contributed by atoms with E-state index in [0.29, 0.717) is 19.0 Å². The highest BCUT2D eigenvalue weighted by Gasteiger charge is 2.32. The molecule has 6 nitrogen and oxygen atoms in total. The van der Waals surface area contributed by atoms with Gasteiger partial charge in [0, 0.05) is 26.2 Å². The Labute approximate surface area is 148 Å². The molecule has 1 aromatic rings. The fraction of sp³-hybridized carbons (Fsp3) is 0.471. The zero-order chi connectivity index (χ0) is 18.8. The third kappa shape index (κ3) is 4.50. The molecule has 0 spiro atoms. The first-order chi connectivity index (χ1) is 11.5. The fourth-order valence-electron chi connectivity index (χ4n) is 2.51. The van der Waals surface area contributed by atoms with Crippen molar-refractivity contribution < 1.29 is 17.5 Å². The molecule has 136 valence electrons. The molecule has 0 atom stereocenters. The summed E-state index contributed by atoms with van der Waals surface area (Å²) in [6.45, 7) is 10.8. The molecule has 2 rings (SSSR count). The molecule has 0 radical (unpaired) electrons. The smallest absolute Gasteiger partial charge is 0.246 e. The van der Waals surface area contributed by atoms with E-state index in [1.807, 2.05) is 31.7 Å². The highest BCUT2D eigenvalue weighted by Crippen LogP contribution is 2.23. The van der Waals surface area contributed by atoms with E-state index >= 15 is 0 Å². The predicted molar refractivity (Wildman–Crippen MR) is 91.4 cm³/mol. The second kappa shape index (κ2) is 7.02. The van der Waals surface area contributed by atoms with E-state index < -0.39 is 20.7 Å². The molecule has 0 N–H and O–H groups in total. The van der Waals surface area contributed by atoms with Gasteiger partial charge in [-0.2, -0.15) is 9.57 Å². The van der Waals surface area contributed by atoms with Gasteiger partial charge in [-0.3, -0.25) is 0 Å². The van der Waals surface area contributed by atoms with Gasteiger partial charge in [-0.05, 0) is 45.5 Å². The summed E-state index contributed by atoms with van der Waals surface area (Å²) in [6.07, 6.45) is 0. The largest absolute Gasteiger partial charge is 0.474 e. The molecule has 8 heteroatoms. The maximum atomic E-state index is 14.0. The van der Waals surface area contributed by atoms with Gasteiger partial charge in [0.1, 0.15) is 16.3 Å². The topological polar surface area (TPSA) is 73.6 Å². The van der Waals surface area contributed by atoms with Gasteiger partial charge in [0.15, 0.2) is 5.88 Å². The molecule has 1 heterocycles. The summed E-state index contributed by atoms with van der Waals surface area (Å²) in [4.78, 5) is 1.39. The number of benzene rings is 1. The Morgan fingerprint density at radius 1 is 1.28 bits per heavy atom. The number of piperazine rings is 1. The lowest BCUT2D eigenvalue weighted by Gasteiger charge is -2.37. The van der Waals surface area contributed by atoms with Crippen LogP contribution in [0.5, 0.6) is 0 Å². The molecule has 0 amide bonds. The van der Waals surface area contributed by atoms with Gasteiger partial charge in [-0.25, -0.2) is 12.8 Å². The number of sulfonamides is 1. The maximum Gasteiger partial charge on any atom is 0.246 e. The van der Waals surface area contributed by atoms with Crippen molar-refractivity contribution in [3.63, 3.8) is 0 Å². The van der Waals surface area contributed by atoms with E-state index in [1.54, 1.807) is 0 Å². The van der Waals surface area contributed by atoms with Crippen molar-refractivity contribution in [1.82, 2.24) is 9.21 Å².